The minimum Gasteiger partial charge on any atom is -0.176 e. The van der Waals surface area contributed by atoms with E-state index in [1.807, 2.05) is 0 Å². The number of hydrogen-bond donors (Lipinski definition) is 1. The highest BCUT2D eigenvalue weighted by Gasteiger charge is 2.28. The van der Waals surface area contributed by atoms with Crippen LogP contribution in [0.1, 0.15) is 20.3 Å². The first kappa shape index (κ1) is 7.80. The highest BCUT2D eigenvalue weighted by Crippen LogP contribution is 2.38. The summed E-state index contributed by atoms with van der Waals surface area (Å²) in [7, 11) is 0. The third kappa shape index (κ3) is 2.85. The molecule has 2 heteroatoms. The smallest absolute Gasteiger partial charge is 0.0164 e. The van der Waals surface area contributed by atoms with Crippen molar-refractivity contribution in [2.45, 2.75) is 30.8 Å². The fourth-order valence-corrected chi connectivity index (χ4v) is 2.29. The molecule has 0 N–H and O–H groups in total. The Morgan fingerprint density at radius 3 is 2.56 bits per heavy atom. The van der Waals surface area contributed by atoms with Crippen molar-refractivity contribution in [1.29, 1.82) is 0 Å². The molecule has 3 unspecified atom stereocenters. The maximum absolute atomic E-state index is 4.35. The Bertz CT molecular complexity index is 86.9. The van der Waals surface area contributed by atoms with Gasteiger partial charge in [0.1, 0.15) is 0 Å². The zero-order valence-electron chi connectivity index (χ0n) is 6.00. The molecule has 0 aromatic carbocycles. The molecule has 0 bridgehead atoms. The van der Waals surface area contributed by atoms with Crippen molar-refractivity contribution in [2.24, 2.45) is 5.92 Å². The first-order valence-electron chi connectivity index (χ1n) is 3.50. The van der Waals surface area contributed by atoms with E-state index in [-0.39, 0.29) is 0 Å². The van der Waals surface area contributed by atoms with Crippen molar-refractivity contribution in [3.05, 3.63) is 0 Å². The van der Waals surface area contributed by atoms with Crippen LogP contribution in [-0.4, -0.2) is 16.3 Å². The van der Waals surface area contributed by atoms with Gasteiger partial charge in [0.15, 0.2) is 0 Å². The molecule has 0 radical (unpaired) electrons. The SMILES string of the molecule is CC(S)CC(C)C1CS1. The quantitative estimate of drug-likeness (QED) is 0.491. The van der Waals surface area contributed by atoms with Crippen LogP contribution in [0.3, 0.4) is 0 Å². The summed E-state index contributed by atoms with van der Waals surface area (Å²) in [6.45, 7) is 4.50. The summed E-state index contributed by atoms with van der Waals surface area (Å²) >= 11 is 6.43. The van der Waals surface area contributed by atoms with Crippen LogP contribution in [0, 0.1) is 5.92 Å². The fraction of sp³-hybridized carbons (Fsp3) is 1.00. The highest BCUT2D eigenvalue weighted by molar-refractivity contribution is 8.06. The number of thioether (sulfide) groups is 1. The van der Waals surface area contributed by atoms with Crippen molar-refractivity contribution in [2.75, 3.05) is 5.75 Å². The van der Waals surface area contributed by atoms with Crippen LogP contribution in [0.5, 0.6) is 0 Å². The molecule has 0 aromatic rings. The Morgan fingerprint density at radius 1 is 1.67 bits per heavy atom. The molecule has 0 aromatic heterocycles. The Labute approximate surface area is 67.2 Å². The molecule has 1 rings (SSSR count). The molecule has 9 heavy (non-hydrogen) atoms. The van der Waals surface area contributed by atoms with Crippen molar-refractivity contribution in [1.82, 2.24) is 0 Å². The zero-order valence-corrected chi connectivity index (χ0v) is 7.71. The van der Waals surface area contributed by atoms with Crippen LogP contribution in [0.2, 0.25) is 0 Å². The second-order valence-electron chi connectivity index (χ2n) is 2.93. The maximum atomic E-state index is 4.35. The topological polar surface area (TPSA) is 0 Å². The van der Waals surface area contributed by atoms with Gasteiger partial charge in [-0.1, -0.05) is 13.8 Å². The van der Waals surface area contributed by atoms with Crippen LogP contribution < -0.4 is 0 Å². The summed E-state index contributed by atoms with van der Waals surface area (Å²) in [5.41, 5.74) is 0. The van der Waals surface area contributed by atoms with Crippen LogP contribution in [0.4, 0.5) is 0 Å². The largest absolute Gasteiger partial charge is 0.176 e. The average Bonchev–Trinajstić information content (AvgIpc) is 2.40. The van der Waals surface area contributed by atoms with Gasteiger partial charge in [0, 0.05) is 11.0 Å². The third-order valence-electron chi connectivity index (χ3n) is 1.71. The zero-order chi connectivity index (χ0) is 6.85. The molecule has 0 nitrogen and oxygen atoms in total. The molecule has 0 amide bonds. The summed E-state index contributed by atoms with van der Waals surface area (Å²) in [5.74, 6) is 2.28. The molecule has 0 spiro atoms. The molecule has 0 aliphatic carbocycles. The molecule has 0 saturated carbocycles. The lowest BCUT2D eigenvalue weighted by Crippen LogP contribution is -2.07. The minimum absolute atomic E-state index is 0.584. The summed E-state index contributed by atoms with van der Waals surface area (Å²) in [5, 5.41) is 1.56. The van der Waals surface area contributed by atoms with Gasteiger partial charge < -0.3 is 0 Å². The Kier molecular flexibility index (Phi) is 2.77. The molecule has 1 aliphatic rings. The van der Waals surface area contributed by atoms with Gasteiger partial charge in [0.25, 0.3) is 0 Å². The molecule has 1 aliphatic heterocycles. The van der Waals surface area contributed by atoms with Gasteiger partial charge in [-0.2, -0.15) is 24.4 Å². The van der Waals surface area contributed by atoms with Crippen LogP contribution in [-0.2, 0) is 0 Å². The molecule has 1 saturated heterocycles. The van der Waals surface area contributed by atoms with Gasteiger partial charge >= 0.3 is 0 Å². The third-order valence-corrected chi connectivity index (χ3v) is 3.10. The predicted molar refractivity (Wildman–Crippen MR) is 48.5 cm³/mol. The summed E-state index contributed by atoms with van der Waals surface area (Å²) in [4.78, 5) is 0. The summed E-state index contributed by atoms with van der Waals surface area (Å²) < 4.78 is 0. The van der Waals surface area contributed by atoms with Gasteiger partial charge in [0.2, 0.25) is 0 Å². The van der Waals surface area contributed by atoms with E-state index in [4.69, 9.17) is 0 Å². The standard InChI is InChI=1S/C7H14S2/c1-5(3-6(2)8)7-4-9-7/h5-8H,3-4H2,1-2H3. The summed E-state index contributed by atoms with van der Waals surface area (Å²) in [6, 6.07) is 0. The number of hydrogen-bond acceptors (Lipinski definition) is 2. The van der Waals surface area contributed by atoms with E-state index in [9.17, 15) is 0 Å². The lowest BCUT2D eigenvalue weighted by Gasteiger charge is -2.09. The number of thiol groups is 1. The lowest BCUT2D eigenvalue weighted by atomic mass is 10.0. The predicted octanol–water partition coefficient (Wildman–Crippen LogP) is 2.45. The Hall–Kier alpha value is 0.700. The van der Waals surface area contributed by atoms with Gasteiger partial charge in [0.05, 0.1) is 0 Å². The van der Waals surface area contributed by atoms with Crippen LogP contribution >= 0.6 is 24.4 Å². The molecular weight excluding hydrogens is 148 g/mol. The highest BCUT2D eigenvalue weighted by atomic mass is 32.2. The van der Waals surface area contributed by atoms with Crippen molar-refractivity contribution in [3.63, 3.8) is 0 Å². The second kappa shape index (κ2) is 3.20. The lowest BCUT2D eigenvalue weighted by molar-refractivity contribution is 0.553. The van der Waals surface area contributed by atoms with Crippen molar-refractivity contribution >= 4 is 24.4 Å². The van der Waals surface area contributed by atoms with Crippen LogP contribution in [0.25, 0.3) is 0 Å². The number of rotatable bonds is 3. The van der Waals surface area contributed by atoms with E-state index < -0.39 is 0 Å². The molecule has 3 atom stereocenters. The van der Waals surface area contributed by atoms with E-state index in [1.165, 1.54) is 12.2 Å². The minimum atomic E-state index is 0.584. The first-order valence-corrected chi connectivity index (χ1v) is 5.06. The Morgan fingerprint density at radius 2 is 2.22 bits per heavy atom. The van der Waals surface area contributed by atoms with Crippen LogP contribution in [0.15, 0.2) is 0 Å². The van der Waals surface area contributed by atoms with E-state index in [2.05, 4.69) is 38.2 Å². The second-order valence-corrected chi connectivity index (χ2v) is 5.09. The van der Waals surface area contributed by atoms with E-state index in [0.717, 1.165) is 11.2 Å². The molecule has 1 heterocycles. The fourth-order valence-electron chi connectivity index (χ4n) is 1.07. The molecular formula is C7H14S2. The molecule has 54 valence electrons. The van der Waals surface area contributed by atoms with E-state index >= 15 is 0 Å². The van der Waals surface area contributed by atoms with Gasteiger partial charge in [-0.05, 0) is 17.6 Å². The monoisotopic (exact) mass is 162 g/mol. The normalized spacial score (nSPS) is 31.7. The summed E-state index contributed by atoms with van der Waals surface area (Å²) in [6.07, 6.45) is 1.28. The van der Waals surface area contributed by atoms with Gasteiger partial charge in [-0.15, -0.1) is 0 Å². The maximum Gasteiger partial charge on any atom is 0.0164 e. The van der Waals surface area contributed by atoms with Crippen molar-refractivity contribution < 1.29 is 0 Å². The Balaban J connectivity index is 2.10. The van der Waals surface area contributed by atoms with Gasteiger partial charge in [-0.25, -0.2) is 0 Å². The van der Waals surface area contributed by atoms with Crippen molar-refractivity contribution in [3.8, 4) is 0 Å². The van der Waals surface area contributed by atoms with Gasteiger partial charge in [-0.3, -0.25) is 0 Å². The van der Waals surface area contributed by atoms with E-state index in [1.54, 1.807) is 0 Å². The molecule has 1 fully saturated rings. The first-order chi connectivity index (χ1) is 4.20. The average molecular weight is 162 g/mol. The van der Waals surface area contributed by atoms with E-state index in [0.29, 0.717) is 5.25 Å².